The van der Waals surface area contributed by atoms with Gasteiger partial charge in [0, 0.05) is 41.3 Å². The average Bonchev–Trinajstić information content (AvgIpc) is 3.38. The highest BCUT2D eigenvalue weighted by molar-refractivity contribution is 6.66. The van der Waals surface area contributed by atoms with Gasteiger partial charge in [0.25, 0.3) is 0 Å². The zero-order valence-corrected chi connectivity index (χ0v) is 17.2. The van der Waals surface area contributed by atoms with E-state index in [0.29, 0.717) is 29.6 Å². The Hall–Kier alpha value is -1.86. The fourth-order valence-electron chi connectivity index (χ4n) is 7.37. The minimum absolute atomic E-state index is 0.316. The third-order valence-corrected chi connectivity index (χ3v) is 8.23. The van der Waals surface area contributed by atoms with Gasteiger partial charge in [0.05, 0.1) is 11.3 Å². The van der Waals surface area contributed by atoms with E-state index in [0.717, 1.165) is 53.6 Å². The van der Waals surface area contributed by atoms with Crippen molar-refractivity contribution in [3.8, 4) is 0 Å². The second kappa shape index (κ2) is 6.08. The van der Waals surface area contributed by atoms with E-state index in [4.69, 9.17) is 5.10 Å². The van der Waals surface area contributed by atoms with Crippen LogP contribution in [-0.4, -0.2) is 49.9 Å². The van der Waals surface area contributed by atoms with E-state index in [2.05, 4.69) is 29.9 Å². The molecule has 2 bridgehead atoms. The lowest BCUT2D eigenvalue weighted by Crippen LogP contribution is -2.57. The molecule has 6 atom stereocenters. The maximum atomic E-state index is 11.3. The molecular weight excluding hydrogens is 363 g/mol. The average molecular weight is 392 g/mol. The number of hydrazone groups is 1. The number of nitrogens with one attached hydrogen (secondary N) is 1. The molecule has 3 fully saturated rings. The Kier molecular flexibility index (Phi) is 3.76. The van der Waals surface area contributed by atoms with Crippen LogP contribution >= 0.6 is 0 Å². The maximum Gasteiger partial charge on any atom is 0.468 e. The number of H-pyrrole nitrogens is 1. The van der Waals surface area contributed by atoms with Crippen LogP contribution in [0.1, 0.15) is 51.5 Å². The summed E-state index contributed by atoms with van der Waals surface area (Å²) < 4.78 is 0. The van der Waals surface area contributed by atoms with Crippen LogP contribution in [-0.2, 0) is 0 Å². The Bertz CT molecular complexity index is 1010. The van der Waals surface area contributed by atoms with Crippen molar-refractivity contribution in [2.24, 2.45) is 34.7 Å². The predicted octanol–water partition coefficient (Wildman–Crippen LogP) is 2.11. The van der Waals surface area contributed by atoms with Crippen LogP contribution in [0.2, 0.25) is 0 Å². The highest BCUT2D eigenvalue weighted by Gasteiger charge is 2.62. The minimum atomic E-state index is -0.753. The summed E-state index contributed by atoms with van der Waals surface area (Å²) in [7, 11) is -0.753. The SMILES string of the molecule is CCCN1N=C([C@H]2[C@H](C)C[C@]3(O)CC4CC3[C@@H]2C4)c2c(cnc3[nH]ccc23)B1O. The molecule has 6 rings (SSSR count). The first-order valence-electron chi connectivity index (χ1n) is 11.2. The van der Waals surface area contributed by atoms with Crippen LogP contribution in [0.25, 0.3) is 11.0 Å². The summed E-state index contributed by atoms with van der Waals surface area (Å²) in [5.41, 5.74) is 3.43. The van der Waals surface area contributed by atoms with Crippen molar-refractivity contribution in [2.45, 2.75) is 51.6 Å². The van der Waals surface area contributed by atoms with Crippen molar-refractivity contribution >= 4 is 29.3 Å². The lowest BCUT2D eigenvalue weighted by atomic mass is 9.56. The molecule has 2 aromatic heterocycles. The van der Waals surface area contributed by atoms with Gasteiger partial charge in [0.1, 0.15) is 5.65 Å². The zero-order chi connectivity index (χ0) is 19.9. The van der Waals surface area contributed by atoms with E-state index in [9.17, 15) is 10.1 Å². The van der Waals surface area contributed by atoms with Crippen LogP contribution < -0.4 is 5.46 Å². The van der Waals surface area contributed by atoms with Crippen LogP contribution in [0.15, 0.2) is 23.6 Å². The molecule has 3 N–H and O–H groups in total. The molecule has 6 nitrogen and oxygen atoms in total. The van der Waals surface area contributed by atoms with Gasteiger partial charge < -0.3 is 20.0 Å². The summed E-state index contributed by atoms with van der Waals surface area (Å²) in [6.07, 6.45) is 8.89. The predicted molar refractivity (Wildman–Crippen MR) is 114 cm³/mol. The van der Waals surface area contributed by atoms with Gasteiger partial charge in [-0.25, -0.2) is 4.98 Å². The van der Waals surface area contributed by atoms with E-state index in [-0.39, 0.29) is 0 Å². The van der Waals surface area contributed by atoms with Crippen molar-refractivity contribution in [3.63, 3.8) is 0 Å². The minimum Gasteiger partial charge on any atom is -0.428 e. The number of pyridine rings is 1. The second-order valence-corrected chi connectivity index (χ2v) is 9.97. The topological polar surface area (TPSA) is 84.7 Å². The number of aromatic nitrogens is 2. The molecule has 2 unspecified atom stereocenters. The van der Waals surface area contributed by atoms with Gasteiger partial charge in [-0.2, -0.15) is 5.10 Å². The molecular formula is C22H29BN4O2. The van der Waals surface area contributed by atoms with Crippen molar-refractivity contribution in [2.75, 3.05) is 6.54 Å². The first-order chi connectivity index (χ1) is 14.0. The normalized spacial score (nSPS) is 37.9. The van der Waals surface area contributed by atoms with Gasteiger partial charge >= 0.3 is 7.05 Å². The summed E-state index contributed by atoms with van der Waals surface area (Å²) in [5.74, 6) is 2.23. The molecule has 3 aliphatic carbocycles. The Morgan fingerprint density at radius 2 is 2.21 bits per heavy atom. The van der Waals surface area contributed by atoms with E-state index >= 15 is 0 Å². The molecule has 3 saturated carbocycles. The van der Waals surface area contributed by atoms with Gasteiger partial charge in [-0.15, -0.1) is 0 Å². The molecule has 7 heteroatoms. The van der Waals surface area contributed by atoms with Crippen molar-refractivity contribution in [1.82, 2.24) is 14.9 Å². The second-order valence-electron chi connectivity index (χ2n) is 9.97. The number of aliphatic hydroxyl groups is 1. The monoisotopic (exact) mass is 392 g/mol. The summed E-state index contributed by atoms with van der Waals surface area (Å²) in [4.78, 5) is 9.62. The summed E-state index contributed by atoms with van der Waals surface area (Å²) in [6.45, 7) is 5.12. The summed E-state index contributed by atoms with van der Waals surface area (Å²) in [6, 6.07) is 2.06. The highest BCUT2D eigenvalue weighted by atomic mass is 16.3. The maximum absolute atomic E-state index is 11.3. The smallest absolute Gasteiger partial charge is 0.428 e. The third-order valence-electron chi connectivity index (χ3n) is 8.23. The van der Waals surface area contributed by atoms with E-state index in [1.165, 1.54) is 12.8 Å². The third kappa shape index (κ3) is 2.37. The van der Waals surface area contributed by atoms with E-state index in [1.807, 2.05) is 17.3 Å². The summed E-state index contributed by atoms with van der Waals surface area (Å²) >= 11 is 0. The quantitative estimate of drug-likeness (QED) is 0.699. The highest BCUT2D eigenvalue weighted by Crippen LogP contribution is 2.63. The van der Waals surface area contributed by atoms with Crippen molar-refractivity contribution in [3.05, 3.63) is 24.0 Å². The van der Waals surface area contributed by atoms with E-state index in [1.54, 1.807) is 0 Å². The molecule has 0 amide bonds. The molecule has 4 aliphatic rings. The number of rotatable bonds is 3. The summed E-state index contributed by atoms with van der Waals surface area (Å²) in [5, 5.41) is 28.5. The standard InChI is InChI=1S/C22H29BN4O2/c1-3-6-27-23(29)17-11-25-21-14(4-5-24-21)19(17)20(26-27)18-12(2)9-22(28)10-13-7-15(18)16(22)8-13/h4-5,11-13,15-16,18,28-29H,3,6-10H2,1-2H3,(H,24,25)/t12-,13?,15+,16?,18+,22+/m1/s1. The first-order valence-corrected chi connectivity index (χ1v) is 11.2. The number of hydrogen-bond donors (Lipinski definition) is 3. The van der Waals surface area contributed by atoms with Crippen molar-refractivity contribution in [1.29, 1.82) is 0 Å². The fourth-order valence-corrected chi connectivity index (χ4v) is 7.37. The molecule has 0 aromatic carbocycles. The molecule has 29 heavy (non-hydrogen) atoms. The van der Waals surface area contributed by atoms with Gasteiger partial charge in [-0.1, -0.05) is 13.8 Å². The number of nitrogens with zero attached hydrogens (tertiary/aromatic N) is 3. The van der Waals surface area contributed by atoms with Crippen LogP contribution in [0, 0.1) is 29.6 Å². The van der Waals surface area contributed by atoms with Crippen LogP contribution in [0.3, 0.4) is 0 Å². The van der Waals surface area contributed by atoms with Crippen molar-refractivity contribution < 1.29 is 10.1 Å². The Morgan fingerprint density at radius 3 is 3.00 bits per heavy atom. The largest absolute Gasteiger partial charge is 0.468 e. The first kappa shape index (κ1) is 18.0. The lowest BCUT2D eigenvalue weighted by Gasteiger charge is -2.50. The van der Waals surface area contributed by atoms with Crippen LogP contribution in [0.4, 0.5) is 0 Å². The molecule has 152 valence electrons. The zero-order valence-electron chi connectivity index (χ0n) is 17.2. The van der Waals surface area contributed by atoms with Gasteiger partial charge in [0.2, 0.25) is 0 Å². The molecule has 3 heterocycles. The van der Waals surface area contributed by atoms with Crippen LogP contribution in [0.5, 0.6) is 0 Å². The van der Waals surface area contributed by atoms with E-state index < -0.39 is 12.7 Å². The molecule has 2 aromatic rings. The molecule has 0 radical (unpaired) electrons. The Morgan fingerprint density at radius 1 is 1.34 bits per heavy atom. The molecule has 0 spiro atoms. The Balaban J connectivity index is 1.53. The van der Waals surface area contributed by atoms with Gasteiger partial charge in [-0.3, -0.25) is 0 Å². The van der Waals surface area contributed by atoms with Gasteiger partial charge in [-0.05, 0) is 61.8 Å². The Labute approximate surface area is 171 Å². The molecule has 1 aliphatic heterocycles. The van der Waals surface area contributed by atoms with Gasteiger partial charge in [0.15, 0.2) is 0 Å². The molecule has 0 saturated heterocycles. The number of hydrogen-bond acceptors (Lipinski definition) is 5. The lowest BCUT2D eigenvalue weighted by molar-refractivity contribution is -0.0955. The number of aromatic amines is 1. The fraction of sp³-hybridized carbons (Fsp3) is 0.636. The number of fused-ring (bicyclic) bond motifs is 4.